The number of ether oxygens (including phenoxy) is 1. The lowest BCUT2D eigenvalue weighted by Crippen LogP contribution is -2.51. The molecule has 0 bridgehead atoms. The molecule has 156 valence electrons. The van der Waals surface area contributed by atoms with Crippen LogP contribution in [0.1, 0.15) is 18.4 Å². The van der Waals surface area contributed by atoms with E-state index in [-0.39, 0.29) is 5.91 Å². The van der Waals surface area contributed by atoms with Crippen LogP contribution in [0.2, 0.25) is 0 Å². The molecule has 2 fully saturated rings. The minimum atomic E-state index is 0.206. The van der Waals surface area contributed by atoms with Crippen molar-refractivity contribution < 1.29 is 14.1 Å². The average Bonchev–Trinajstić information content (AvgIpc) is 3.24. The van der Waals surface area contributed by atoms with Gasteiger partial charge in [-0.15, -0.1) is 0 Å². The lowest BCUT2D eigenvalue weighted by atomic mass is 10.1. The van der Waals surface area contributed by atoms with Crippen molar-refractivity contribution in [3.05, 3.63) is 35.7 Å². The summed E-state index contributed by atoms with van der Waals surface area (Å²) in [6, 6.07) is 8.28. The third kappa shape index (κ3) is 5.20. The topological polar surface area (TPSA) is 74.9 Å². The molecule has 0 atom stereocenters. The summed E-state index contributed by atoms with van der Waals surface area (Å²) in [5.74, 6) is 1.48. The summed E-state index contributed by atoms with van der Waals surface area (Å²) in [5.41, 5.74) is 2.27. The van der Waals surface area contributed by atoms with Gasteiger partial charge in [0.1, 0.15) is 0 Å². The maximum Gasteiger partial charge on any atom is 0.241 e. The second kappa shape index (κ2) is 9.47. The maximum atomic E-state index is 12.4. The smallest absolute Gasteiger partial charge is 0.241 e. The first-order valence-electron chi connectivity index (χ1n) is 10.4. The fourth-order valence-corrected chi connectivity index (χ4v) is 3.73. The Hall–Kier alpha value is -2.29. The molecule has 1 aromatic heterocycles. The summed E-state index contributed by atoms with van der Waals surface area (Å²) in [4.78, 5) is 23.4. The summed E-state index contributed by atoms with van der Waals surface area (Å²) in [7, 11) is 0. The summed E-state index contributed by atoms with van der Waals surface area (Å²) in [5, 5.41) is 4.13. The lowest BCUT2D eigenvalue weighted by Gasteiger charge is -2.35. The van der Waals surface area contributed by atoms with Crippen LogP contribution < -0.4 is 0 Å². The number of piperazine rings is 1. The van der Waals surface area contributed by atoms with Crippen LogP contribution in [-0.2, 0) is 22.5 Å². The average molecular weight is 399 g/mol. The van der Waals surface area contributed by atoms with Crippen LogP contribution in [0, 0.1) is 0 Å². The largest absolute Gasteiger partial charge is 0.378 e. The van der Waals surface area contributed by atoms with Gasteiger partial charge in [0.15, 0.2) is 0 Å². The van der Waals surface area contributed by atoms with E-state index in [4.69, 9.17) is 9.26 Å². The molecule has 0 radical (unpaired) electrons. The molecule has 0 spiro atoms. The van der Waals surface area contributed by atoms with Crippen molar-refractivity contribution in [2.45, 2.75) is 19.9 Å². The number of aryl methyl sites for hydroxylation is 1. The first kappa shape index (κ1) is 20.0. The van der Waals surface area contributed by atoms with Crippen molar-refractivity contribution in [1.29, 1.82) is 0 Å². The summed E-state index contributed by atoms with van der Waals surface area (Å²) >= 11 is 0. The predicted octanol–water partition coefficient (Wildman–Crippen LogP) is 1.28. The SMILES string of the molecule is CCc1ccc(-c2noc(CN3CCN(CC(=O)N4CCOCC4)CC3)n2)cc1. The molecule has 0 N–H and O–H groups in total. The number of carbonyl (C=O) groups is 1. The number of rotatable bonds is 6. The van der Waals surface area contributed by atoms with Gasteiger partial charge < -0.3 is 14.2 Å². The third-order valence-electron chi connectivity index (χ3n) is 5.63. The van der Waals surface area contributed by atoms with E-state index in [0.717, 1.165) is 38.2 Å². The highest BCUT2D eigenvalue weighted by molar-refractivity contribution is 5.78. The Labute approximate surface area is 171 Å². The van der Waals surface area contributed by atoms with Gasteiger partial charge in [-0.3, -0.25) is 14.6 Å². The van der Waals surface area contributed by atoms with E-state index in [1.165, 1.54) is 5.56 Å². The van der Waals surface area contributed by atoms with E-state index >= 15 is 0 Å². The second-order valence-corrected chi connectivity index (χ2v) is 7.61. The Morgan fingerprint density at radius 2 is 1.69 bits per heavy atom. The fraction of sp³-hybridized carbons (Fsp3) is 0.571. The molecule has 1 aromatic carbocycles. The van der Waals surface area contributed by atoms with Crippen LogP contribution in [0.25, 0.3) is 11.4 Å². The standard InChI is InChI=1S/C21H29N5O3/c1-2-17-3-5-18(6-4-17)21-22-19(29-23-21)15-24-7-9-25(10-8-24)16-20(27)26-11-13-28-14-12-26/h3-6H,2,7-16H2,1H3. The zero-order valence-electron chi connectivity index (χ0n) is 17.0. The van der Waals surface area contributed by atoms with E-state index in [2.05, 4.69) is 39.0 Å². The van der Waals surface area contributed by atoms with Crippen molar-refractivity contribution in [1.82, 2.24) is 24.8 Å². The first-order chi connectivity index (χ1) is 14.2. The number of amides is 1. The first-order valence-corrected chi connectivity index (χ1v) is 10.4. The minimum absolute atomic E-state index is 0.206. The Morgan fingerprint density at radius 3 is 2.38 bits per heavy atom. The zero-order valence-corrected chi connectivity index (χ0v) is 17.0. The van der Waals surface area contributed by atoms with Crippen molar-refractivity contribution in [3.8, 4) is 11.4 Å². The number of benzene rings is 1. The van der Waals surface area contributed by atoms with Crippen LogP contribution in [-0.4, -0.2) is 89.8 Å². The number of nitrogens with zero attached hydrogens (tertiary/aromatic N) is 5. The Balaban J connectivity index is 1.24. The van der Waals surface area contributed by atoms with Crippen LogP contribution >= 0.6 is 0 Å². The van der Waals surface area contributed by atoms with Gasteiger partial charge >= 0.3 is 0 Å². The van der Waals surface area contributed by atoms with Gasteiger partial charge in [-0.05, 0) is 12.0 Å². The third-order valence-corrected chi connectivity index (χ3v) is 5.63. The van der Waals surface area contributed by atoms with Crippen LogP contribution in [0.5, 0.6) is 0 Å². The molecular weight excluding hydrogens is 370 g/mol. The second-order valence-electron chi connectivity index (χ2n) is 7.61. The highest BCUT2D eigenvalue weighted by Crippen LogP contribution is 2.18. The van der Waals surface area contributed by atoms with Gasteiger partial charge in [0.05, 0.1) is 26.3 Å². The Bertz CT molecular complexity index is 793. The van der Waals surface area contributed by atoms with Gasteiger partial charge in [-0.2, -0.15) is 4.98 Å². The van der Waals surface area contributed by atoms with Crippen molar-refractivity contribution in [2.75, 3.05) is 59.0 Å². The van der Waals surface area contributed by atoms with Crippen molar-refractivity contribution in [2.24, 2.45) is 0 Å². The Kier molecular flexibility index (Phi) is 6.53. The van der Waals surface area contributed by atoms with Crippen LogP contribution in [0.15, 0.2) is 28.8 Å². The molecule has 2 saturated heterocycles. The van der Waals surface area contributed by atoms with Gasteiger partial charge in [-0.1, -0.05) is 36.3 Å². The van der Waals surface area contributed by atoms with E-state index in [1.54, 1.807) is 0 Å². The van der Waals surface area contributed by atoms with Gasteiger partial charge in [0.2, 0.25) is 17.6 Å². The van der Waals surface area contributed by atoms with E-state index in [1.807, 2.05) is 17.0 Å². The van der Waals surface area contributed by atoms with Gasteiger partial charge in [0.25, 0.3) is 0 Å². The fourth-order valence-electron chi connectivity index (χ4n) is 3.73. The summed E-state index contributed by atoms with van der Waals surface area (Å²) in [6.45, 7) is 9.50. The lowest BCUT2D eigenvalue weighted by molar-refractivity contribution is -0.136. The molecule has 0 saturated carbocycles. The number of carbonyl (C=O) groups excluding carboxylic acids is 1. The molecule has 2 aliphatic heterocycles. The van der Waals surface area contributed by atoms with Gasteiger partial charge in [-0.25, -0.2) is 0 Å². The molecule has 3 heterocycles. The molecule has 29 heavy (non-hydrogen) atoms. The minimum Gasteiger partial charge on any atom is -0.378 e. The quantitative estimate of drug-likeness (QED) is 0.724. The van der Waals surface area contributed by atoms with E-state index in [9.17, 15) is 4.79 Å². The van der Waals surface area contributed by atoms with Crippen molar-refractivity contribution >= 4 is 5.91 Å². The summed E-state index contributed by atoms with van der Waals surface area (Å²) in [6.07, 6.45) is 1.02. The molecular formula is C21H29N5O3. The molecule has 2 aromatic rings. The maximum absolute atomic E-state index is 12.4. The molecule has 0 unspecified atom stereocenters. The van der Waals surface area contributed by atoms with Crippen LogP contribution in [0.3, 0.4) is 0 Å². The van der Waals surface area contributed by atoms with Crippen LogP contribution in [0.4, 0.5) is 0 Å². The molecule has 1 amide bonds. The van der Waals surface area contributed by atoms with Gasteiger partial charge in [0, 0.05) is 44.8 Å². The highest BCUT2D eigenvalue weighted by Gasteiger charge is 2.24. The Morgan fingerprint density at radius 1 is 1.00 bits per heavy atom. The van der Waals surface area contributed by atoms with E-state index in [0.29, 0.717) is 51.1 Å². The number of morpholine rings is 1. The normalized spacial score (nSPS) is 18.9. The number of aromatic nitrogens is 2. The molecule has 8 heteroatoms. The molecule has 2 aliphatic rings. The molecule has 0 aliphatic carbocycles. The zero-order chi connectivity index (χ0) is 20.1. The van der Waals surface area contributed by atoms with E-state index < -0.39 is 0 Å². The summed E-state index contributed by atoms with van der Waals surface area (Å²) < 4.78 is 10.8. The number of hydrogen-bond donors (Lipinski definition) is 0. The molecule has 8 nitrogen and oxygen atoms in total. The monoisotopic (exact) mass is 399 g/mol. The van der Waals surface area contributed by atoms with Crippen molar-refractivity contribution in [3.63, 3.8) is 0 Å². The molecule has 4 rings (SSSR count). The predicted molar refractivity (Wildman–Crippen MR) is 108 cm³/mol. The highest BCUT2D eigenvalue weighted by atomic mass is 16.5. The number of hydrogen-bond acceptors (Lipinski definition) is 7.